The van der Waals surface area contributed by atoms with Gasteiger partial charge in [0.05, 0.1) is 16.9 Å². The van der Waals surface area contributed by atoms with Gasteiger partial charge in [-0.25, -0.2) is 4.98 Å². The maximum absolute atomic E-state index is 6.17. The maximum Gasteiger partial charge on any atom is 0.150 e. The number of hydrogen-bond acceptors (Lipinski definition) is 3. The molecule has 0 amide bonds. The van der Waals surface area contributed by atoms with E-state index in [4.69, 9.17) is 28.9 Å². The molecule has 0 saturated carbocycles. The zero-order valence-electron chi connectivity index (χ0n) is 10.9. The Balaban J connectivity index is 2.07. The smallest absolute Gasteiger partial charge is 0.150 e. The van der Waals surface area contributed by atoms with Crippen LogP contribution in [0.4, 0.5) is 5.82 Å². The number of nitrogen functional groups attached to an aromatic ring is 1. The van der Waals surface area contributed by atoms with Crippen LogP contribution in [0, 0.1) is 0 Å². The molecule has 0 radical (unpaired) electrons. The van der Waals surface area contributed by atoms with Crippen molar-refractivity contribution in [2.45, 2.75) is 0 Å². The first kappa shape index (κ1) is 13.9. The predicted octanol–water partition coefficient (Wildman–Crippen LogP) is 4.70. The van der Waals surface area contributed by atoms with Crippen LogP contribution < -0.4 is 5.73 Å². The summed E-state index contributed by atoms with van der Waals surface area (Å²) in [6.07, 6.45) is 1.67. The van der Waals surface area contributed by atoms with Crippen LogP contribution in [0.5, 0.6) is 0 Å². The summed E-state index contributed by atoms with van der Waals surface area (Å²) in [7, 11) is 0. The molecule has 1 aromatic heterocycles. The summed E-state index contributed by atoms with van der Waals surface area (Å²) in [6.45, 7) is 0. The van der Waals surface area contributed by atoms with Crippen LogP contribution in [-0.4, -0.2) is 9.97 Å². The molecule has 3 rings (SSSR count). The molecule has 3 aromatic rings. The second-order valence-electron chi connectivity index (χ2n) is 4.48. The van der Waals surface area contributed by atoms with E-state index in [1.54, 1.807) is 18.3 Å². The summed E-state index contributed by atoms with van der Waals surface area (Å²) in [5, 5.41) is 1.23. The highest BCUT2D eigenvalue weighted by Crippen LogP contribution is 2.30. The predicted molar refractivity (Wildman–Crippen MR) is 87.3 cm³/mol. The van der Waals surface area contributed by atoms with Crippen LogP contribution in [0.25, 0.3) is 22.5 Å². The van der Waals surface area contributed by atoms with Crippen molar-refractivity contribution in [3.63, 3.8) is 0 Å². The molecule has 2 N–H and O–H groups in total. The van der Waals surface area contributed by atoms with Gasteiger partial charge in [-0.2, -0.15) is 0 Å². The molecule has 0 aliphatic rings. The van der Waals surface area contributed by atoms with E-state index in [1.807, 2.05) is 36.4 Å². The summed E-state index contributed by atoms with van der Waals surface area (Å²) >= 11 is 12.2. The SMILES string of the molecule is Nc1nc(-c2cccc(Cl)c2)cnc1-c1ccccc1Cl. The molecule has 0 fully saturated rings. The van der Waals surface area contributed by atoms with Crippen molar-refractivity contribution in [1.82, 2.24) is 9.97 Å². The third-order valence-electron chi connectivity index (χ3n) is 3.05. The fraction of sp³-hybridized carbons (Fsp3) is 0. The van der Waals surface area contributed by atoms with E-state index >= 15 is 0 Å². The minimum atomic E-state index is 0.334. The average molecular weight is 316 g/mol. The summed E-state index contributed by atoms with van der Waals surface area (Å²) in [5.41, 5.74) is 8.91. The number of nitrogens with two attached hydrogens (primary N) is 1. The van der Waals surface area contributed by atoms with Crippen LogP contribution in [-0.2, 0) is 0 Å². The van der Waals surface area contributed by atoms with Crippen LogP contribution in [0.3, 0.4) is 0 Å². The summed E-state index contributed by atoms with van der Waals surface area (Å²) in [6, 6.07) is 14.8. The van der Waals surface area contributed by atoms with E-state index in [9.17, 15) is 0 Å². The van der Waals surface area contributed by atoms with Gasteiger partial charge in [-0.1, -0.05) is 53.5 Å². The Morgan fingerprint density at radius 3 is 2.48 bits per heavy atom. The average Bonchev–Trinajstić information content (AvgIpc) is 2.48. The van der Waals surface area contributed by atoms with Crippen LogP contribution >= 0.6 is 23.2 Å². The van der Waals surface area contributed by atoms with Crippen molar-refractivity contribution in [2.24, 2.45) is 0 Å². The van der Waals surface area contributed by atoms with Crippen molar-refractivity contribution in [3.8, 4) is 22.5 Å². The molecule has 5 heteroatoms. The number of anilines is 1. The van der Waals surface area contributed by atoms with Gasteiger partial charge in [0.1, 0.15) is 5.69 Å². The number of halogens is 2. The Bertz CT molecular complexity index is 803. The fourth-order valence-electron chi connectivity index (χ4n) is 2.05. The molecule has 0 unspecified atom stereocenters. The normalized spacial score (nSPS) is 10.6. The zero-order chi connectivity index (χ0) is 14.8. The Morgan fingerprint density at radius 1 is 0.952 bits per heavy atom. The van der Waals surface area contributed by atoms with Crippen molar-refractivity contribution in [3.05, 3.63) is 64.8 Å². The Kier molecular flexibility index (Phi) is 3.78. The van der Waals surface area contributed by atoms with Crippen molar-refractivity contribution in [1.29, 1.82) is 0 Å². The zero-order valence-corrected chi connectivity index (χ0v) is 12.4. The van der Waals surface area contributed by atoms with Gasteiger partial charge in [0.15, 0.2) is 5.82 Å². The van der Waals surface area contributed by atoms with Crippen molar-refractivity contribution in [2.75, 3.05) is 5.73 Å². The molecule has 21 heavy (non-hydrogen) atoms. The number of aromatic nitrogens is 2. The van der Waals surface area contributed by atoms with Gasteiger partial charge < -0.3 is 5.73 Å². The molecule has 0 saturated heterocycles. The number of benzene rings is 2. The molecule has 0 aliphatic carbocycles. The quantitative estimate of drug-likeness (QED) is 0.745. The highest BCUT2D eigenvalue weighted by molar-refractivity contribution is 6.33. The molecule has 2 aromatic carbocycles. The third kappa shape index (κ3) is 2.84. The van der Waals surface area contributed by atoms with E-state index in [0.29, 0.717) is 27.3 Å². The van der Waals surface area contributed by atoms with Gasteiger partial charge in [0, 0.05) is 16.1 Å². The molecule has 3 nitrogen and oxygen atoms in total. The first-order chi connectivity index (χ1) is 10.1. The maximum atomic E-state index is 6.17. The van der Waals surface area contributed by atoms with Gasteiger partial charge in [-0.15, -0.1) is 0 Å². The lowest BCUT2D eigenvalue weighted by atomic mass is 10.1. The minimum Gasteiger partial charge on any atom is -0.382 e. The Morgan fingerprint density at radius 2 is 1.76 bits per heavy atom. The highest BCUT2D eigenvalue weighted by atomic mass is 35.5. The first-order valence-corrected chi connectivity index (χ1v) is 7.04. The Labute approximate surface area is 132 Å². The van der Waals surface area contributed by atoms with Crippen LogP contribution in [0.2, 0.25) is 10.0 Å². The second kappa shape index (κ2) is 5.72. The summed E-state index contributed by atoms with van der Waals surface area (Å²) in [5.74, 6) is 0.334. The third-order valence-corrected chi connectivity index (χ3v) is 3.61. The van der Waals surface area contributed by atoms with E-state index in [0.717, 1.165) is 11.1 Å². The number of nitrogens with zero attached hydrogens (tertiary/aromatic N) is 2. The van der Waals surface area contributed by atoms with Crippen molar-refractivity contribution >= 4 is 29.0 Å². The molecule has 1 heterocycles. The van der Waals surface area contributed by atoms with Gasteiger partial charge in [0.2, 0.25) is 0 Å². The van der Waals surface area contributed by atoms with Crippen molar-refractivity contribution < 1.29 is 0 Å². The monoisotopic (exact) mass is 315 g/mol. The van der Waals surface area contributed by atoms with Gasteiger partial charge >= 0.3 is 0 Å². The topological polar surface area (TPSA) is 51.8 Å². The van der Waals surface area contributed by atoms with Gasteiger partial charge in [-0.3, -0.25) is 4.98 Å². The van der Waals surface area contributed by atoms with E-state index < -0.39 is 0 Å². The highest BCUT2D eigenvalue weighted by Gasteiger charge is 2.11. The van der Waals surface area contributed by atoms with Crippen LogP contribution in [0.1, 0.15) is 0 Å². The van der Waals surface area contributed by atoms with E-state index in [1.165, 1.54) is 0 Å². The first-order valence-electron chi connectivity index (χ1n) is 6.28. The number of rotatable bonds is 2. The van der Waals surface area contributed by atoms with E-state index in [-0.39, 0.29) is 0 Å². The molecular formula is C16H11Cl2N3. The molecule has 0 atom stereocenters. The van der Waals surface area contributed by atoms with Crippen LogP contribution in [0.15, 0.2) is 54.7 Å². The molecule has 0 aliphatic heterocycles. The lowest BCUT2D eigenvalue weighted by molar-refractivity contribution is 1.22. The number of hydrogen-bond donors (Lipinski definition) is 1. The minimum absolute atomic E-state index is 0.334. The van der Waals surface area contributed by atoms with Gasteiger partial charge in [-0.05, 0) is 18.2 Å². The summed E-state index contributed by atoms with van der Waals surface area (Å²) in [4.78, 5) is 8.80. The largest absolute Gasteiger partial charge is 0.382 e. The lowest BCUT2D eigenvalue weighted by Gasteiger charge is -2.08. The lowest BCUT2D eigenvalue weighted by Crippen LogP contribution is -1.99. The van der Waals surface area contributed by atoms with Gasteiger partial charge in [0.25, 0.3) is 0 Å². The standard InChI is InChI=1S/C16H11Cl2N3/c17-11-5-3-4-10(8-11)14-9-20-15(16(19)21-14)12-6-1-2-7-13(12)18/h1-9H,(H2,19,21). The molecule has 104 valence electrons. The second-order valence-corrected chi connectivity index (χ2v) is 5.32. The Hall–Kier alpha value is -2.10. The molecule has 0 bridgehead atoms. The summed E-state index contributed by atoms with van der Waals surface area (Å²) < 4.78 is 0. The molecular weight excluding hydrogens is 305 g/mol. The van der Waals surface area contributed by atoms with E-state index in [2.05, 4.69) is 9.97 Å². The molecule has 0 spiro atoms. The fourth-order valence-corrected chi connectivity index (χ4v) is 2.47.